The first-order valence-electron chi connectivity index (χ1n) is 7.41. The highest BCUT2D eigenvalue weighted by Gasteiger charge is 2.38. The lowest BCUT2D eigenvalue weighted by atomic mass is 9.70. The van der Waals surface area contributed by atoms with Crippen molar-refractivity contribution >= 4 is 6.09 Å². The number of amides is 1. The Morgan fingerprint density at radius 3 is 2.43 bits per heavy atom. The largest absolute Gasteiger partial charge is 0.445 e. The SMILES string of the molecule is C#CC1(NC(=O)OCc2ccccc2)CCC(C)(C)CC1. The molecule has 0 saturated heterocycles. The van der Waals surface area contributed by atoms with Crippen LogP contribution >= 0.6 is 0 Å². The van der Waals surface area contributed by atoms with Crippen LogP contribution in [0.2, 0.25) is 0 Å². The van der Waals surface area contributed by atoms with Crippen LogP contribution in [-0.2, 0) is 11.3 Å². The maximum absolute atomic E-state index is 12.0. The smallest absolute Gasteiger partial charge is 0.408 e. The molecule has 2 rings (SSSR count). The zero-order valence-corrected chi connectivity index (χ0v) is 12.8. The molecule has 0 spiro atoms. The van der Waals surface area contributed by atoms with Gasteiger partial charge in [0.2, 0.25) is 0 Å². The lowest BCUT2D eigenvalue weighted by molar-refractivity contribution is 0.115. The molecule has 1 saturated carbocycles. The summed E-state index contributed by atoms with van der Waals surface area (Å²) in [6, 6.07) is 9.62. The second-order valence-corrected chi connectivity index (χ2v) is 6.58. The van der Waals surface area contributed by atoms with Crippen molar-refractivity contribution in [1.82, 2.24) is 5.32 Å². The van der Waals surface area contributed by atoms with Crippen molar-refractivity contribution in [3.8, 4) is 12.3 Å². The Kier molecular flexibility index (Phi) is 4.57. The van der Waals surface area contributed by atoms with Crippen molar-refractivity contribution in [1.29, 1.82) is 0 Å². The van der Waals surface area contributed by atoms with Crippen LogP contribution in [0.4, 0.5) is 4.79 Å². The van der Waals surface area contributed by atoms with Crippen molar-refractivity contribution in [3.05, 3.63) is 35.9 Å². The van der Waals surface area contributed by atoms with Gasteiger partial charge in [-0.2, -0.15) is 0 Å². The lowest BCUT2D eigenvalue weighted by Crippen LogP contribution is -2.50. The Labute approximate surface area is 127 Å². The molecular formula is C18H23NO2. The van der Waals surface area contributed by atoms with Gasteiger partial charge < -0.3 is 10.1 Å². The molecule has 3 heteroatoms. The van der Waals surface area contributed by atoms with E-state index in [1.807, 2.05) is 30.3 Å². The molecule has 1 aromatic carbocycles. The topological polar surface area (TPSA) is 38.3 Å². The fourth-order valence-electron chi connectivity index (χ4n) is 2.61. The summed E-state index contributed by atoms with van der Waals surface area (Å²) in [7, 11) is 0. The van der Waals surface area contributed by atoms with Crippen molar-refractivity contribution in [2.24, 2.45) is 5.41 Å². The summed E-state index contributed by atoms with van der Waals surface area (Å²) in [5, 5.41) is 2.89. The van der Waals surface area contributed by atoms with Gasteiger partial charge in [-0.25, -0.2) is 4.79 Å². The summed E-state index contributed by atoms with van der Waals surface area (Å²) < 4.78 is 5.26. The summed E-state index contributed by atoms with van der Waals surface area (Å²) in [5.74, 6) is 2.77. The standard InChI is InChI=1S/C18H23NO2/c1-4-18(12-10-17(2,3)11-13-18)19-16(20)21-14-15-8-6-5-7-9-15/h1,5-9H,10-14H2,2-3H3,(H,19,20). The number of carbonyl (C=O) groups excluding carboxylic acids is 1. The number of nitrogens with one attached hydrogen (secondary N) is 1. The number of benzene rings is 1. The third-order valence-electron chi connectivity index (χ3n) is 4.29. The number of ether oxygens (including phenoxy) is 1. The van der Waals surface area contributed by atoms with Crippen LogP contribution < -0.4 is 5.32 Å². The normalized spacial score (nSPS) is 19.3. The summed E-state index contributed by atoms with van der Waals surface area (Å²) in [6.45, 7) is 4.74. The summed E-state index contributed by atoms with van der Waals surface area (Å²) in [6.07, 6.45) is 8.85. The number of alkyl carbamates (subject to hydrolysis) is 1. The molecule has 0 radical (unpaired) electrons. The predicted molar refractivity (Wildman–Crippen MR) is 83.6 cm³/mol. The number of carbonyl (C=O) groups is 1. The Balaban J connectivity index is 1.88. The van der Waals surface area contributed by atoms with Crippen LogP contribution in [-0.4, -0.2) is 11.6 Å². The van der Waals surface area contributed by atoms with E-state index in [1.54, 1.807) is 0 Å². The van der Waals surface area contributed by atoms with Gasteiger partial charge in [0.1, 0.15) is 12.1 Å². The van der Waals surface area contributed by atoms with Crippen LogP contribution in [0.25, 0.3) is 0 Å². The molecule has 21 heavy (non-hydrogen) atoms. The van der Waals surface area contributed by atoms with E-state index in [9.17, 15) is 4.79 Å². The lowest BCUT2D eigenvalue weighted by Gasteiger charge is -2.40. The second-order valence-electron chi connectivity index (χ2n) is 6.58. The van der Waals surface area contributed by atoms with Gasteiger partial charge >= 0.3 is 6.09 Å². The molecule has 0 heterocycles. The van der Waals surface area contributed by atoms with E-state index in [-0.39, 0.29) is 6.61 Å². The highest BCUT2D eigenvalue weighted by atomic mass is 16.5. The molecule has 112 valence electrons. The second kappa shape index (κ2) is 6.22. The minimum atomic E-state index is -0.552. The molecular weight excluding hydrogens is 262 g/mol. The maximum Gasteiger partial charge on any atom is 0.408 e. The van der Waals surface area contributed by atoms with Crippen LogP contribution in [0.3, 0.4) is 0 Å². The first-order valence-corrected chi connectivity index (χ1v) is 7.41. The van der Waals surface area contributed by atoms with Gasteiger partial charge in [-0.1, -0.05) is 50.1 Å². The van der Waals surface area contributed by atoms with E-state index in [0.29, 0.717) is 5.41 Å². The Morgan fingerprint density at radius 2 is 1.86 bits per heavy atom. The van der Waals surface area contributed by atoms with Gasteiger partial charge in [0.15, 0.2) is 0 Å². The first kappa shape index (κ1) is 15.4. The van der Waals surface area contributed by atoms with E-state index in [0.717, 1.165) is 31.2 Å². The van der Waals surface area contributed by atoms with Crippen molar-refractivity contribution in [2.45, 2.75) is 51.7 Å². The van der Waals surface area contributed by atoms with E-state index in [1.165, 1.54) is 0 Å². The molecule has 1 fully saturated rings. The van der Waals surface area contributed by atoms with E-state index in [2.05, 4.69) is 25.1 Å². The number of rotatable bonds is 3. The number of hydrogen-bond donors (Lipinski definition) is 1. The van der Waals surface area contributed by atoms with Gasteiger partial charge in [0.05, 0.1) is 0 Å². The molecule has 0 aliphatic heterocycles. The highest BCUT2D eigenvalue weighted by Crippen LogP contribution is 2.39. The Bertz CT molecular complexity index is 518. The van der Waals surface area contributed by atoms with Gasteiger partial charge in [0, 0.05) is 0 Å². The molecule has 0 atom stereocenters. The molecule has 1 aromatic rings. The minimum absolute atomic E-state index is 0.263. The quantitative estimate of drug-likeness (QED) is 0.856. The van der Waals surface area contributed by atoms with Gasteiger partial charge in [-0.15, -0.1) is 6.42 Å². The summed E-state index contributed by atoms with van der Waals surface area (Å²) in [5.41, 5.74) is 0.714. The van der Waals surface area contributed by atoms with Crippen molar-refractivity contribution < 1.29 is 9.53 Å². The zero-order valence-electron chi connectivity index (χ0n) is 12.8. The molecule has 1 N–H and O–H groups in total. The number of terminal acetylenes is 1. The Hall–Kier alpha value is -1.95. The number of hydrogen-bond acceptors (Lipinski definition) is 2. The third kappa shape index (κ3) is 4.26. The monoisotopic (exact) mass is 285 g/mol. The maximum atomic E-state index is 12.0. The molecule has 0 unspecified atom stereocenters. The molecule has 1 aliphatic rings. The Morgan fingerprint density at radius 1 is 1.24 bits per heavy atom. The molecule has 1 aliphatic carbocycles. The predicted octanol–water partition coefficient (Wildman–Crippen LogP) is 3.89. The van der Waals surface area contributed by atoms with Gasteiger partial charge in [0.25, 0.3) is 0 Å². The average molecular weight is 285 g/mol. The van der Waals surface area contributed by atoms with Crippen LogP contribution in [0.1, 0.15) is 45.1 Å². The molecule has 1 amide bonds. The highest BCUT2D eigenvalue weighted by molar-refractivity contribution is 5.69. The third-order valence-corrected chi connectivity index (χ3v) is 4.29. The first-order chi connectivity index (χ1) is 9.95. The van der Waals surface area contributed by atoms with Crippen molar-refractivity contribution in [3.63, 3.8) is 0 Å². The van der Waals surface area contributed by atoms with Crippen LogP contribution in [0, 0.1) is 17.8 Å². The summed E-state index contributed by atoms with van der Waals surface area (Å²) >= 11 is 0. The fraction of sp³-hybridized carbons (Fsp3) is 0.500. The van der Waals surface area contributed by atoms with E-state index < -0.39 is 11.6 Å². The van der Waals surface area contributed by atoms with E-state index in [4.69, 9.17) is 11.2 Å². The average Bonchev–Trinajstić information content (AvgIpc) is 2.49. The summed E-state index contributed by atoms with van der Waals surface area (Å²) in [4.78, 5) is 12.0. The van der Waals surface area contributed by atoms with Crippen LogP contribution in [0.5, 0.6) is 0 Å². The van der Waals surface area contributed by atoms with Crippen molar-refractivity contribution in [2.75, 3.05) is 0 Å². The molecule has 3 nitrogen and oxygen atoms in total. The van der Waals surface area contributed by atoms with Gasteiger partial charge in [-0.05, 0) is 36.7 Å². The van der Waals surface area contributed by atoms with E-state index >= 15 is 0 Å². The van der Waals surface area contributed by atoms with Gasteiger partial charge in [-0.3, -0.25) is 0 Å². The fourth-order valence-corrected chi connectivity index (χ4v) is 2.61. The minimum Gasteiger partial charge on any atom is -0.445 e. The molecule has 0 bridgehead atoms. The van der Waals surface area contributed by atoms with Crippen LogP contribution in [0.15, 0.2) is 30.3 Å². The zero-order chi connectivity index (χ0) is 15.3. The molecule has 0 aromatic heterocycles.